The number of rotatable bonds is 9. The SMILES string of the molecule is CCC1CN(CCOc2ccc([C@H]3c4c(O)cccc4C[C@H](C)N3CC(F)(F)CO)cc2)C1. The summed E-state index contributed by atoms with van der Waals surface area (Å²) in [6, 6.07) is 12.1. The van der Waals surface area contributed by atoms with Gasteiger partial charge in [-0.25, -0.2) is 8.78 Å². The van der Waals surface area contributed by atoms with Crippen molar-refractivity contribution in [3.05, 3.63) is 59.2 Å². The van der Waals surface area contributed by atoms with Gasteiger partial charge in [0.25, 0.3) is 5.92 Å². The standard InChI is InChI=1S/C26H34F2N2O3/c1-3-19-14-29(15-19)11-12-33-22-9-7-20(8-10-22)25-24-21(5-4-6-23(24)32)13-18(2)30(25)16-26(27,28)17-31/h4-10,18-19,25,31-32H,3,11-17H2,1-2H3/t18-,25-/m0/s1. The molecule has 0 aromatic heterocycles. The second kappa shape index (κ2) is 9.95. The lowest BCUT2D eigenvalue weighted by Gasteiger charge is -2.43. The van der Waals surface area contributed by atoms with Crippen LogP contribution in [-0.4, -0.2) is 71.4 Å². The van der Waals surface area contributed by atoms with E-state index in [4.69, 9.17) is 4.74 Å². The Hall–Kier alpha value is -2.22. The van der Waals surface area contributed by atoms with Crippen molar-refractivity contribution >= 4 is 0 Å². The highest BCUT2D eigenvalue weighted by Crippen LogP contribution is 2.43. The van der Waals surface area contributed by atoms with Gasteiger partial charge in [-0.2, -0.15) is 0 Å². The van der Waals surface area contributed by atoms with Crippen molar-refractivity contribution < 1.29 is 23.7 Å². The zero-order valence-corrected chi connectivity index (χ0v) is 19.4. The molecule has 0 aliphatic carbocycles. The van der Waals surface area contributed by atoms with E-state index in [1.54, 1.807) is 17.0 Å². The van der Waals surface area contributed by atoms with Crippen LogP contribution in [0.3, 0.4) is 0 Å². The van der Waals surface area contributed by atoms with Gasteiger partial charge in [0.05, 0.1) is 12.6 Å². The number of fused-ring (bicyclic) bond motifs is 1. The number of alkyl halides is 2. The van der Waals surface area contributed by atoms with Crippen LogP contribution in [0.2, 0.25) is 0 Å². The third kappa shape index (κ3) is 5.31. The topological polar surface area (TPSA) is 56.2 Å². The number of aromatic hydroxyl groups is 1. The highest BCUT2D eigenvalue weighted by Gasteiger charge is 2.41. The second-order valence-corrected chi connectivity index (χ2v) is 9.44. The molecular formula is C26H34F2N2O3. The Morgan fingerprint density at radius 1 is 1.12 bits per heavy atom. The van der Waals surface area contributed by atoms with Crippen LogP contribution in [-0.2, 0) is 6.42 Å². The van der Waals surface area contributed by atoms with Crippen molar-refractivity contribution in [2.45, 2.75) is 44.7 Å². The van der Waals surface area contributed by atoms with E-state index in [0.717, 1.165) is 42.4 Å². The zero-order chi connectivity index (χ0) is 23.6. The molecule has 1 fully saturated rings. The Balaban J connectivity index is 1.52. The minimum Gasteiger partial charge on any atom is -0.508 e. The Morgan fingerprint density at radius 3 is 2.52 bits per heavy atom. The zero-order valence-electron chi connectivity index (χ0n) is 19.4. The van der Waals surface area contributed by atoms with E-state index < -0.39 is 25.1 Å². The van der Waals surface area contributed by atoms with Crippen LogP contribution in [0.15, 0.2) is 42.5 Å². The summed E-state index contributed by atoms with van der Waals surface area (Å²) in [5, 5.41) is 19.8. The first kappa shape index (κ1) is 23.9. The molecule has 2 atom stereocenters. The van der Waals surface area contributed by atoms with E-state index in [9.17, 15) is 19.0 Å². The maximum absolute atomic E-state index is 14.2. The van der Waals surface area contributed by atoms with Crippen LogP contribution in [0.1, 0.15) is 43.0 Å². The van der Waals surface area contributed by atoms with Crippen LogP contribution >= 0.6 is 0 Å². The van der Waals surface area contributed by atoms with Gasteiger partial charge in [-0.3, -0.25) is 9.80 Å². The average molecular weight is 461 g/mol. The predicted molar refractivity (Wildman–Crippen MR) is 124 cm³/mol. The number of phenols is 1. The first-order valence-corrected chi connectivity index (χ1v) is 11.8. The van der Waals surface area contributed by atoms with Crippen molar-refractivity contribution in [2.24, 2.45) is 5.92 Å². The van der Waals surface area contributed by atoms with E-state index in [1.165, 1.54) is 6.42 Å². The lowest BCUT2D eigenvalue weighted by Crippen LogP contribution is -2.49. The number of nitrogens with zero attached hydrogens (tertiary/aromatic N) is 2. The molecule has 2 aliphatic rings. The second-order valence-electron chi connectivity index (χ2n) is 9.44. The van der Waals surface area contributed by atoms with E-state index >= 15 is 0 Å². The molecule has 180 valence electrons. The molecule has 5 nitrogen and oxygen atoms in total. The Labute approximate surface area is 194 Å². The van der Waals surface area contributed by atoms with Gasteiger partial charge >= 0.3 is 0 Å². The molecule has 0 bridgehead atoms. The number of likely N-dealkylation sites (tertiary alicyclic amines) is 1. The van der Waals surface area contributed by atoms with Gasteiger partial charge in [0.2, 0.25) is 0 Å². The predicted octanol–water partition coefficient (Wildman–Crippen LogP) is 4.08. The average Bonchev–Trinajstić information content (AvgIpc) is 2.77. The number of benzene rings is 2. The number of halogens is 2. The van der Waals surface area contributed by atoms with Crippen molar-refractivity contribution in [1.29, 1.82) is 0 Å². The molecule has 33 heavy (non-hydrogen) atoms. The van der Waals surface area contributed by atoms with Gasteiger partial charge in [-0.1, -0.05) is 37.6 Å². The molecule has 4 rings (SSSR count). The van der Waals surface area contributed by atoms with Crippen molar-refractivity contribution in [2.75, 3.05) is 39.4 Å². The molecule has 2 N–H and O–H groups in total. The van der Waals surface area contributed by atoms with Crippen molar-refractivity contribution in [1.82, 2.24) is 9.80 Å². The highest BCUT2D eigenvalue weighted by atomic mass is 19.3. The van der Waals surface area contributed by atoms with E-state index in [0.29, 0.717) is 18.6 Å². The number of hydrogen-bond donors (Lipinski definition) is 2. The Morgan fingerprint density at radius 2 is 1.85 bits per heavy atom. The smallest absolute Gasteiger partial charge is 0.283 e. The molecule has 1 saturated heterocycles. The van der Waals surface area contributed by atoms with Gasteiger partial charge in [0.1, 0.15) is 24.7 Å². The molecule has 2 aliphatic heterocycles. The van der Waals surface area contributed by atoms with E-state index in [1.807, 2.05) is 37.3 Å². The first-order chi connectivity index (χ1) is 15.8. The van der Waals surface area contributed by atoms with Gasteiger partial charge < -0.3 is 14.9 Å². The van der Waals surface area contributed by atoms with Crippen molar-refractivity contribution in [3.8, 4) is 11.5 Å². The molecule has 7 heteroatoms. The normalized spacial score (nSPS) is 22.1. The van der Waals surface area contributed by atoms with Crippen molar-refractivity contribution in [3.63, 3.8) is 0 Å². The molecule has 0 radical (unpaired) electrons. The maximum atomic E-state index is 14.2. The van der Waals surface area contributed by atoms with Gasteiger partial charge in [-0.15, -0.1) is 0 Å². The summed E-state index contributed by atoms with van der Waals surface area (Å²) in [6.45, 7) is 6.10. The fourth-order valence-corrected chi connectivity index (χ4v) is 5.03. The summed E-state index contributed by atoms with van der Waals surface area (Å²) < 4.78 is 34.4. The fourth-order valence-electron chi connectivity index (χ4n) is 5.03. The Bertz CT molecular complexity index is 932. The molecule has 0 amide bonds. The molecule has 0 unspecified atom stereocenters. The van der Waals surface area contributed by atoms with Crippen LogP contribution in [0, 0.1) is 5.92 Å². The molecule has 2 aromatic rings. The quantitative estimate of drug-likeness (QED) is 0.591. The van der Waals surface area contributed by atoms with Crippen LogP contribution in [0.25, 0.3) is 0 Å². The molecule has 0 saturated carbocycles. The number of aliphatic hydroxyl groups is 1. The largest absolute Gasteiger partial charge is 0.508 e. The summed E-state index contributed by atoms with van der Waals surface area (Å²) in [5.41, 5.74) is 2.41. The summed E-state index contributed by atoms with van der Waals surface area (Å²) in [4.78, 5) is 4.06. The summed E-state index contributed by atoms with van der Waals surface area (Å²) >= 11 is 0. The first-order valence-electron chi connectivity index (χ1n) is 11.8. The van der Waals surface area contributed by atoms with Gasteiger partial charge in [0, 0.05) is 31.2 Å². The number of ether oxygens (including phenoxy) is 1. The highest BCUT2D eigenvalue weighted by molar-refractivity contribution is 5.49. The number of phenolic OH excluding ortho intramolecular Hbond substituents is 1. The molecule has 0 spiro atoms. The minimum absolute atomic E-state index is 0.0990. The third-order valence-corrected chi connectivity index (χ3v) is 6.99. The Kier molecular flexibility index (Phi) is 7.22. The van der Waals surface area contributed by atoms with E-state index in [2.05, 4.69) is 11.8 Å². The maximum Gasteiger partial charge on any atom is 0.283 e. The number of hydrogen-bond acceptors (Lipinski definition) is 5. The molecule has 2 heterocycles. The summed E-state index contributed by atoms with van der Waals surface area (Å²) in [7, 11) is 0. The minimum atomic E-state index is -3.23. The lowest BCUT2D eigenvalue weighted by molar-refractivity contribution is -0.0864. The van der Waals surface area contributed by atoms with Crippen LogP contribution < -0.4 is 4.74 Å². The summed E-state index contributed by atoms with van der Waals surface area (Å²) in [6.07, 6.45) is 1.77. The van der Waals surface area contributed by atoms with E-state index in [-0.39, 0.29) is 11.8 Å². The lowest BCUT2D eigenvalue weighted by atomic mass is 9.84. The van der Waals surface area contributed by atoms with Crippen LogP contribution in [0.4, 0.5) is 8.78 Å². The summed E-state index contributed by atoms with van der Waals surface area (Å²) in [5.74, 6) is -1.59. The molecule has 2 aromatic carbocycles. The molecular weight excluding hydrogens is 426 g/mol. The monoisotopic (exact) mass is 460 g/mol. The number of aliphatic hydroxyl groups excluding tert-OH is 1. The van der Waals surface area contributed by atoms with Gasteiger partial charge in [0.15, 0.2) is 0 Å². The fraction of sp³-hybridized carbons (Fsp3) is 0.538. The van der Waals surface area contributed by atoms with Gasteiger partial charge in [-0.05, 0) is 48.6 Å². The van der Waals surface area contributed by atoms with Crippen LogP contribution in [0.5, 0.6) is 11.5 Å². The third-order valence-electron chi connectivity index (χ3n) is 6.99.